The van der Waals surface area contributed by atoms with E-state index in [1.54, 1.807) is 18.2 Å². The first-order chi connectivity index (χ1) is 22.5. The lowest BCUT2D eigenvalue weighted by Crippen LogP contribution is -2.71. The summed E-state index contributed by atoms with van der Waals surface area (Å²) in [4.78, 5) is 73.5. The molecule has 2 aliphatic rings. The first-order valence-corrected chi connectivity index (χ1v) is 16.3. The highest BCUT2D eigenvalue weighted by molar-refractivity contribution is 8.01. The Kier molecular flexibility index (Phi) is 8.86. The van der Waals surface area contributed by atoms with Crippen LogP contribution in [0.1, 0.15) is 5.82 Å². The molecule has 3 aromatic heterocycles. The molecular weight excluding hydrogens is 700 g/mol. The number of carbonyl (C=O) groups excluding carboxylic acids is 2. The summed E-state index contributed by atoms with van der Waals surface area (Å²) in [5.74, 6) is -3.70. The van der Waals surface area contributed by atoms with Crippen molar-refractivity contribution < 1.29 is 34.2 Å². The van der Waals surface area contributed by atoms with Crippen LogP contribution in [0.2, 0.25) is 5.02 Å². The number of rotatable bonds is 11. The molecule has 1 unspecified atom stereocenters. The molecule has 4 aromatic rings. The van der Waals surface area contributed by atoms with Crippen molar-refractivity contribution in [1.29, 1.82) is 0 Å². The minimum Gasteiger partial charge on any atom is -0.480 e. The van der Waals surface area contributed by atoms with E-state index in [1.165, 1.54) is 30.1 Å². The summed E-state index contributed by atoms with van der Waals surface area (Å²) in [6, 6.07) is 6.62. The minimum absolute atomic E-state index is 0.0653. The van der Waals surface area contributed by atoms with Crippen molar-refractivity contribution in [2.24, 2.45) is 5.16 Å². The number of fused-ring (bicyclic) bond motifs is 2. The molecule has 1 fully saturated rings. The fourth-order valence-corrected chi connectivity index (χ4v) is 7.54. The van der Waals surface area contributed by atoms with Crippen molar-refractivity contribution in [3.63, 3.8) is 0 Å². The maximum Gasteiger partial charge on any atom is 0.367 e. The van der Waals surface area contributed by atoms with Crippen LogP contribution in [0, 0.1) is 0 Å². The van der Waals surface area contributed by atoms with Crippen LogP contribution in [0.25, 0.3) is 5.65 Å². The number of hydrogen-bond donors (Lipinski definition) is 4. The smallest absolute Gasteiger partial charge is 0.367 e. The second-order valence-electron chi connectivity index (χ2n) is 9.61. The molecule has 2 aliphatic heterocycles. The van der Waals surface area contributed by atoms with Crippen LogP contribution >= 0.6 is 46.7 Å². The molecule has 22 heteroatoms. The Morgan fingerprint density at radius 2 is 1.96 bits per heavy atom. The summed E-state index contributed by atoms with van der Waals surface area (Å²) in [7, 11) is 0. The van der Waals surface area contributed by atoms with Gasteiger partial charge in [-0.05, 0) is 35.9 Å². The predicted molar refractivity (Wildman–Crippen MR) is 168 cm³/mol. The van der Waals surface area contributed by atoms with Gasteiger partial charge in [0.25, 0.3) is 11.8 Å². The van der Waals surface area contributed by atoms with Gasteiger partial charge in [0, 0.05) is 34.3 Å². The number of carboxylic acid groups (broad SMARTS) is 2. The number of carboxylic acids is 2. The van der Waals surface area contributed by atoms with Crippen LogP contribution in [0.3, 0.4) is 0 Å². The van der Waals surface area contributed by atoms with Gasteiger partial charge in [-0.3, -0.25) is 19.3 Å². The van der Waals surface area contributed by atoms with Gasteiger partial charge >= 0.3 is 17.6 Å². The highest BCUT2D eigenvalue weighted by atomic mass is 35.5. The molecule has 0 aliphatic carbocycles. The number of nitrogens with one attached hydrogen (secondary N) is 1. The van der Waals surface area contributed by atoms with Gasteiger partial charge in [0.15, 0.2) is 16.5 Å². The lowest BCUT2D eigenvalue weighted by Gasteiger charge is -2.49. The van der Waals surface area contributed by atoms with Crippen LogP contribution in [-0.4, -0.2) is 96.3 Å². The molecular formula is C25H19ClN10O8S3. The van der Waals surface area contributed by atoms with Crippen LogP contribution < -0.4 is 21.6 Å². The average molecular weight is 719 g/mol. The van der Waals surface area contributed by atoms with E-state index in [1.807, 2.05) is 0 Å². The fraction of sp³-hybridized carbons (Fsp3) is 0.200. The largest absolute Gasteiger partial charge is 0.480 e. The lowest BCUT2D eigenvalue weighted by atomic mass is 10.0. The van der Waals surface area contributed by atoms with Crippen molar-refractivity contribution >= 4 is 86.9 Å². The summed E-state index contributed by atoms with van der Waals surface area (Å²) in [6.07, 6.45) is 1.33. The number of nitrogens with two attached hydrogens (primary N) is 1. The van der Waals surface area contributed by atoms with E-state index < -0.39 is 47.4 Å². The summed E-state index contributed by atoms with van der Waals surface area (Å²) < 4.78 is 5.72. The third-order valence-corrected chi connectivity index (χ3v) is 9.85. The molecule has 6 rings (SSSR count). The number of thioether (sulfide) groups is 2. The molecule has 0 spiro atoms. The molecule has 5 heterocycles. The number of anilines is 1. The summed E-state index contributed by atoms with van der Waals surface area (Å²) in [6.45, 7) is -0.662. The van der Waals surface area contributed by atoms with Gasteiger partial charge in [0.1, 0.15) is 23.7 Å². The van der Waals surface area contributed by atoms with Crippen LogP contribution in [0.5, 0.6) is 5.75 Å². The number of aromatic nitrogens is 6. The van der Waals surface area contributed by atoms with Gasteiger partial charge in [-0.25, -0.2) is 9.59 Å². The highest BCUT2D eigenvalue weighted by Gasteiger charge is 2.54. The van der Waals surface area contributed by atoms with Gasteiger partial charge in [-0.1, -0.05) is 16.8 Å². The van der Waals surface area contributed by atoms with Crippen LogP contribution in [0.15, 0.2) is 62.6 Å². The molecule has 2 amide bonds. The van der Waals surface area contributed by atoms with E-state index in [9.17, 15) is 29.1 Å². The van der Waals surface area contributed by atoms with Gasteiger partial charge in [-0.15, -0.1) is 28.6 Å². The van der Waals surface area contributed by atoms with Crippen LogP contribution in [-0.2, 0) is 25.7 Å². The van der Waals surface area contributed by atoms with Gasteiger partial charge in [0.05, 0.1) is 4.90 Å². The maximum atomic E-state index is 13.3. The molecule has 0 radical (unpaired) electrons. The zero-order valence-corrected chi connectivity index (χ0v) is 26.5. The average Bonchev–Trinajstić information content (AvgIpc) is 3.61. The summed E-state index contributed by atoms with van der Waals surface area (Å²) in [5, 5.41) is 33.4. The lowest BCUT2D eigenvalue weighted by molar-refractivity contribution is -0.150. The Morgan fingerprint density at radius 1 is 1.19 bits per heavy atom. The highest BCUT2D eigenvalue weighted by Crippen LogP contribution is 2.41. The Morgan fingerprint density at radius 3 is 2.64 bits per heavy atom. The Bertz CT molecular complexity index is 2060. The summed E-state index contributed by atoms with van der Waals surface area (Å²) in [5.41, 5.74) is 4.86. The zero-order chi connectivity index (χ0) is 33.4. The first-order valence-electron chi connectivity index (χ1n) is 13.1. The number of nitrogens with zero attached hydrogens (tertiary/aromatic N) is 8. The Labute approximate surface area is 279 Å². The second kappa shape index (κ2) is 13.0. The quantitative estimate of drug-likeness (QED) is 0.0708. The topological polar surface area (TPSA) is 250 Å². The van der Waals surface area contributed by atoms with Crippen LogP contribution in [0.4, 0.5) is 5.13 Å². The number of carbonyl (C=O) groups is 4. The van der Waals surface area contributed by atoms with Crippen molar-refractivity contribution in [1.82, 2.24) is 39.0 Å². The predicted octanol–water partition coefficient (Wildman–Crippen LogP) is 0.377. The summed E-state index contributed by atoms with van der Waals surface area (Å²) >= 11 is 9.10. The first kappa shape index (κ1) is 32.0. The second-order valence-corrected chi connectivity index (χ2v) is 13.0. The molecule has 2 atom stereocenters. The number of halogens is 1. The number of nitrogen functional groups attached to an aromatic ring is 1. The number of aliphatic carboxylic acids is 2. The van der Waals surface area contributed by atoms with E-state index in [0.29, 0.717) is 15.5 Å². The molecule has 47 heavy (non-hydrogen) atoms. The van der Waals surface area contributed by atoms with E-state index in [4.69, 9.17) is 27.3 Å². The van der Waals surface area contributed by atoms with Crippen molar-refractivity contribution in [3.05, 3.63) is 69.1 Å². The number of hydrogen-bond acceptors (Lipinski definition) is 15. The number of β-lactam (4-membered cyclic amide) rings is 1. The van der Waals surface area contributed by atoms with E-state index >= 15 is 0 Å². The third-order valence-electron chi connectivity index (χ3n) is 6.59. The number of oxime groups is 1. The zero-order valence-electron chi connectivity index (χ0n) is 23.3. The SMILES string of the molecule is Nc1nc(C(=NOc2ccc(Cl)cc2)C(=O)NC2C(=O)N3C(C(=O)O)=C(CSc4ccnn5c(=O)n(CC(=O)O)nc45)CS[C@@H]23)ns1. The molecule has 242 valence electrons. The molecule has 0 bridgehead atoms. The number of benzene rings is 1. The van der Waals surface area contributed by atoms with Gasteiger partial charge in [-0.2, -0.15) is 23.7 Å². The van der Waals surface area contributed by atoms with Gasteiger partial charge in [0.2, 0.25) is 11.5 Å². The third kappa shape index (κ3) is 6.37. The van der Waals surface area contributed by atoms with Crippen molar-refractivity contribution in [2.45, 2.75) is 22.9 Å². The molecule has 1 saturated heterocycles. The normalized spacial score (nSPS) is 17.8. The Hall–Kier alpha value is -4.99. The van der Waals surface area contributed by atoms with E-state index in [0.717, 1.165) is 37.4 Å². The number of amides is 2. The maximum absolute atomic E-state index is 13.3. The minimum atomic E-state index is -1.34. The van der Waals surface area contributed by atoms with Crippen molar-refractivity contribution in [2.75, 3.05) is 17.2 Å². The van der Waals surface area contributed by atoms with Crippen molar-refractivity contribution in [3.8, 4) is 5.75 Å². The molecule has 1 aromatic carbocycles. The van der Waals surface area contributed by atoms with E-state index in [-0.39, 0.29) is 45.3 Å². The molecule has 5 N–H and O–H groups in total. The molecule has 0 saturated carbocycles. The monoisotopic (exact) mass is 718 g/mol. The molecule has 18 nitrogen and oxygen atoms in total. The Balaban J connectivity index is 1.19. The van der Waals surface area contributed by atoms with E-state index in [2.05, 4.69) is 30.0 Å². The van der Waals surface area contributed by atoms with Gasteiger partial charge < -0.3 is 26.1 Å². The fourth-order valence-electron chi connectivity index (χ4n) is 4.52. The standard InChI is InChI=1S/C25H19ClN10O8S3/c26-11-1-3-12(4-2-11)44-32-15(18-30-24(27)47-33-18)20(39)29-16-21(40)35-17(23(41)42)10(9-46-22(16)35)8-45-13-5-6-28-36-19(13)31-34(25(36)43)7-14(37)38/h1-6,16,22H,7-9H2,(H,29,39)(H,37,38)(H,41,42)(H2,27,30,33)/t16?,22-/m0/s1.